The Hall–Kier alpha value is -1.55. The SMILES string of the molecule is O=C(O)C(CO)COc1ccccc1. The van der Waals surface area contributed by atoms with Crippen molar-refractivity contribution >= 4 is 5.97 Å². The third-order valence-corrected chi connectivity index (χ3v) is 1.76. The van der Waals surface area contributed by atoms with E-state index in [1.807, 2.05) is 6.07 Å². The molecule has 0 saturated heterocycles. The molecular formula is C10H12O4. The molecule has 0 fully saturated rings. The molecule has 0 spiro atoms. The van der Waals surface area contributed by atoms with Crippen LogP contribution < -0.4 is 4.74 Å². The van der Waals surface area contributed by atoms with Gasteiger partial charge in [-0.05, 0) is 12.1 Å². The molecule has 4 nitrogen and oxygen atoms in total. The van der Waals surface area contributed by atoms with Gasteiger partial charge in [0.2, 0.25) is 0 Å². The van der Waals surface area contributed by atoms with Crippen molar-refractivity contribution in [3.05, 3.63) is 30.3 Å². The van der Waals surface area contributed by atoms with Gasteiger partial charge in [-0.2, -0.15) is 0 Å². The fourth-order valence-corrected chi connectivity index (χ4v) is 0.916. The van der Waals surface area contributed by atoms with Crippen LogP contribution in [0.3, 0.4) is 0 Å². The first kappa shape index (κ1) is 10.5. The maximum Gasteiger partial charge on any atom is 0.312 e. The maximum atomic E-state index is 10.5. The first-order valence-corrected chi connectivity index (χ1v) is 4.25. The summed E-state index contributed by atoms with van der Waals surface area (Å²) in [4.78, 5) is 10.5. The molecule has 0 radical (unpaired) electrons. The zero-order chi connectivity index (χ0) is 10.4. The Morgan fingerprint density at radius 3 is 2.50 bits per heavy atom. The Balaban J connectivity index is 2.44. The predicted octanol–water partition coefficient (Wildman–Crippen LogP) is 0.758. The van der Waals surface area contributed by atoms with E-state index in [4.69, 9.17) is 14.9 Å². The van der Waals surface area contributed by atoms with E-state index in [1.54, 1.807) is 24.3 Å². The molecule has 0 heterocycles. The first-order chi connectivity index (χ1) is 6.74. The Morgan fingerprint density at radius 2 is 2.00 bits per heavy atom. The number of aliphatic hydroxyl groups excluding tert-OH is 1. The minimum Gasteiger partial charge on any atom is -0.493 e. The van der Waals surface area contributed by atoms with Gasteiger partial charge in [0.15, 0.2) is 0 Å². The summed E-state index contributed by atoms with van der Waals surface area (Å²) in [5.41, 5.74) is 0. The highest BCUT2D eigenvalue weighted by molar-refractivity contribution is 5.70. The van der Waals surface area contributed by atoms with Gasteiger partial charge in [0, 0.05) is 0 Å². The molecule has 76 valence electrons. The van der Waals surface area contributed by atoms with E-state index in [0.29, 0.717) is 5.75 Å². The van der Waals surface area contributed by atoms with E-state index in [-0.39, 0.29) is 6.61 Å². The molecule has 14 heavy (non-hydrogen) atoms. The lowest BCUT2D eigenvalue weighted by Gasteiger charge is -2.10. The Labute approximate surface area is 81.8 Å². The van der Waals surface area contributed by atoms with Crippen molar-refractivity contribution < 1.29 is 19.7 Å². The molecule has 0 saturated carbocycles. The number of aliphatic hydroxyl groups is 1. The quantitative estimate of drug-likeness (QED) is 0.729. The summed E-state index contributed by atoms with van der Waals surface area (Å²) in [6.45, 7) is -0.433. The molecule has 1 rings (SSSR count). The summed E-state index contributed by atoms with van der Waals surface area (Å²) >= 11 is 0. The summed E-state index contributed by atoms with van der Waals surface area (Å²) < 4.78 is 5.18. The molecule has 0 aromatic heterocycles. The van der Waals surface area contributed by atoms with E-state index >= 15 is 0 Å². The van der Waals surface area contributed by atoms with Crippen LogP contribution in [0.25, 0.3) is 0 Å². The molecule has 2 N–H and O–H groups in total. The number of rotatable bonds is 5. The average molecular weight is 196 g/mol. The molecule has 0 bridgehead atoms. The van der Waals surface area contributed by atoms with E-state index in [9.17, 15) is 4.79 Å². The van der Waals surface area contributed by atoms with Crippen LogP contribution in [0.15, 0.2) is 30.3 Å². The molecule has 0 amide bonds. The highest BCUT2D eigenvalue weighted by Crippen LogP contribution is 2.09. The van der Waals surface area contributed by atoms with Crippen LogP contribution in [-0.2, 0) is 4.79 Å². The van der Waals surface area contributed by atoms with Crippen molar-refractivity contribution in [2.75, 3.05) is 13.2 Å². The van der Waals surface area contributed by atoms with Crippen molar-refractivity contribution in [1.29, 1.82) is 0 Å². The molecule has 4 heteroatoms. The second-order valence-corrected chi connectivity index (χ2v) is 2.84. The molecule has 0 aliphatic rings. The lowest BCUT2D eigenvalue weighted by Crippen LogP contribution is -2.24. The minimum atomic E-state index is -1.05. The van der Waals surface area contributed by atoms with Gasteiger partial charge in [0.05, 0.1) is 6.61 Å². The zero-order valence-electron chi connectivity index (χ0n) is 7.59. The van der Waals surface area contributed by atoms with Crippen molar-refractivity contribution in [2.45, 2.75) is 0 Å². The number of benzene rings is 1. The molecule has 1 atom stereocenters. The third kappa shape index (κ3) is 3.06. The van der Waals surface area contributed by atoms with Crippen LogP contribution in [0, 0.1) is 5.92 Å². The average Bonchev–Trinajstić information content (AvgIpc) is 2.20. The lowest BCUT2D eigenvalue weighted by atomic mass is 10.2. The van der Waals surface area contributed by atoms with Crippen molar-refractivity contribution in [2.24, 2.45) is 5.92 Å². The van der Waals surface area contributed by atoms with Crippen LogP contribution in [0.1, 0.15) is 0 Å². The topological polar surface area (TPSA) is 66.8 Å². The smallest absolute Gasteiger partial charge is 0.312 e. The molecule has 0 aliphatic carbocycles. The summed E-state index contributed by atoms with van der Waals surface area (Å²) in [7, 11) is 0. The number of carbonyl (C=O) groups is 1. The zero-order valence-corrected chi connectivity index (χ0v) is 7.59. The van der Waals surface area contributed by atoms with Gasteiger partial charge in [0.1, 0.15) is 18.3 Å². The molecule has 1 aromatic rings. The monoisotopic (exact) mass is 196 g/mol. The second kappa shape index (κ2) is 5.24. The number of hydrogen-bond acceptors (Lipinski definition) is 3. The Morgan fingerprint density at radius 1 is 1.36 bits per heavy atom. The van der Waals surface area contributed by atoms with Gasteiger partial charge in [-0.25, -0.2) is 0 Å². The number of carboxylic acid groups (broad SMARTS) is 1. The van der Waals surface area contributed by atoms with Gasteiger partial charge in [-0.3, -0.25) is 4.79 Å². The standard InChI is InChI=1S/C10H12O4/c11-6-8(10(12)13)7-14-9-4-2-1-3-5-9/h1-5,8,11H,6-7H2,(H,12,13). The normalized spacial score (nSPS) is 12.1. The van der Waals surface area contributed by atoms with E-state index in [0.717, 1.165) is 0 Å². The van der Waals surface area contributed by atoms with Gasteiger partial charge in [-0.1, -0.05) is 18.2 Å². The highest BCUT2D eigenvalue weighted by atomic mass is 16.5. The van der Waals surface area contributed by atoms with Crippen molar-refractivity contribution in [3.63, 3.8) is 0 Å². The number of ether oxygens (including phenoxy) is 1. The summed E-state index contributed by atoms with van der Waals surface area (Å²) in [6, 6.07) is 8.90. The van der Waals surface area contributed by atoms with Crippen molar-refractivity contribution in [1.82, 2.24) is 0 Å². The highest BCUT2D eigenvalue weighted by Gasteiger charge is 2.16. The van der Waals surface area contributed by atoms with Crippen LogP contribution >= 0.6 is 0 Å². The minimum absolute atomic E-state index is 0.0180. The van der Waals surface area contributed by atoms with Gasteiger partial charge >= 0.3 is 5.97 Å². The van der Waals surface area contributed by atoms with E-state index in [2.05, 4.69) is 0 Å². The van der Waals surface area contributed by atoms with Crippen LogP contribution in [0.4, 0.5) is 0 Å². The summed E-state index contributed by atoms with van der Waals surface area (Å²) in [5.74, 6) is -1.31. The Kier molecular flexibility index (Phi) is 3.94. The molecule has 1 aromatic carbocycles. The largest absolute Gasteiger partial charge is 0.493 e. The number of hydrogen-bond donors (Lipinski definition) is 2. The van der Waals surface area contributed by atoms with E-state index < -0.39 is 18.5 Å². The van der Waals surface area contributed by atoms with Gasteiger partial charge < -0.3 is 14.9 Å². The second-order valence-electron chi connectivity index (χ2n) is 2.84. The number of aliphatic carboxylic acids is 1. The van der Waals surface area contributed by atoms with Gasteiger partial charge in [0.25, 0.3) is 0 Å². The number of carboxylic acids is 1. The Bertz CT molecular complexity index is 283. The van der Waals surface area contributed by atoms with Crippen LogP contribution in [-0.4, -0.2) is 29.4 Å². The first-order valence-electron chi connectivity index (χ1n) is 4.25. The molecule has 0 aliphatic heterocycles. The van der Waals surface area contributed by atoms with Crippen LogP contribution in [0.2, 0.25) is 0 Å². The summed E-state index contributed by atoms with van der Waals surface area (Å²) in [6.07, 6.45) is 0. The lowest BCUT2D eigenvalue weighted by molar-refractivity contribution is -0.144. The van der Waals surface area contributed by atoms with Crippen LogP contribution in [0.5, 0.6) is 5.75 Å². The number of para-hydroxylation sites is 1. The molecular weight excluding hydrogens is 184 g/mol. The van der Waals surface area contributed by atoms with Crippen molar-refractivity contribution in [3.8, 4) is 5.75 Å². The predicted molar refractivity (Wildman–Crippen MR) is 50.1 cm³/mol. The fourth-order valence-electron chi connectivity index (χ4n) is 0.916. The van der Waals surface area contributed by atoms with E-state index in [1.165, 1.54) is 0 Å². The maximum absolute atomic E-state index is 10.5. The van der Waals surface area contributed by atoms with Gasteiger partial charge in [-0.15, -0.1) is 0 Å². The third-order valence-electron chi connectivity index (χ3n) is 1.76. The fraction of sp³-hybridized carbons (Fsp3) is 0.300. The molecule has 1 unspecified atom stereocenters. The summed E-state index contributed by atoms with van der Waals surface area (Å²) in [5, 5.41) is 17.3.